The molecule has 2 aromatic rings. The summed E-state index contributed by atoms with van der Waals surface area (Å²) in [7, 11) is 1.13. The van der Waals surface area contributed by atoms with E-state index in [1.54, 1.807) is 6.92 Å². The van der Waals surface area contributed by atoms with E-state index < -0.39 is 24.0 Å². The zero-order valence-corrected chi connectivity index (χ0v) is 14.8. The maximum atomic E-state index is 14.0. The SMILES string of the molecule is CCc1cc(C(F)F)c(OCc2c(Cl)cccc2OC(=O)OC)cc1F. The zero-order chi connectivity index (χ0) is 19.3. The second-order valence-electron chi connectivity index (χ2n) is 5.20. The van der Waals surface area contributed by atoms with Crippen LogP contribution in [0, 0.1) is 5.82 Å². The van der Waals surface area contributed by atoms with E-state index in [0.29, 0.717) is 0 Å². The molecule has 140 valence electrons. The van der Waals surface area contributed by atoms with Crippen molar-refractivity contribution in [1.29, 1.82) is 0 Å². The highest BCUT2D eigenvalue weighted by Crippen LogP contribution is 2.34. The Morgan fingerprint density at radius 1 is 1.23 bits per heavy atom. The van der Waals surface area contributed by atoms with Crippen LogP contribution in [0.3, 0.4) is 0 Å². The Morgan fingerprint density at radius 3 is 2.58 bits per heavy atom. The Hall–Kier alpha value is -2.41. The van der Waals surface area contributed by atoms with E-state index in [1.807, 2.05) is 0 Å². The van der Waals surface area contributed by atoms with Gasteiger partial charge in [0.15, 0.2) is 0 Å². The van der Waals surface area contributed by atoms with Gasteiger partial charge in [-0.05, 0) is 30.2 Å². The third-order valence-electron chi connectivity index (χ3n) is 3.60. The van der Waals surface area contributed by atoms with E-state index in [-0.39, 0.29) is 40.7 Å². The molecular formula is C18H16ClF3O4. The number of carbonyl (C=O) groups excluding carboxylic acids is 1. The van der Waals surface area contributed by atoms with E-state index in [9.17, 15) is 18.0 Å². The van der Waals surface area contributed by atoms with Gasteiger partial charge in [-0.1, -0.05) is 24.6 Å². The normalized spacial score (nSPS) is 10.7. The third kappa shape index (κ3) is 4.60. The number of carbonyl (C=O) groups is 1. The Morgan fingerprint density at radius 2 is 1.96 bits per heavy atom. The molecule has 0 aliphatic heterocycles. The average Bonchev–Trinajstić information content (AvgIpc) is 2.60. The second-order valence-corrected chi connectivity index (χ2v) is 5.60. The van der Waals surface area contributed by atoms with Crippen LogP contribution in [0.5, 0.6) is 11.5 Å². The predicted octanol–water partition coefficient (Wildman–Crippen LogP) is 5.70. The molecule has 0 saturated carbocycles. The molecular weight excluding hydrogens is 373 g/mol. The smallest absolute Gasteiger partial charge is 0.488 e. The summed E-state index contributed by atoms with van der Waals surface area (Å²) in [6.07, 6.45) is -3.54. The Balaban J connectivity index is 2.32. The van der Waals surface area contributed by atoms with Crippen molar-refractivity contribution in [1.82, 2.24) is 0 Å². The van der Waals surface area contributed by atoms with Crippen LogP contribution >= 0.6 is 11.6 Å². The van der Waals surface area contributed by atoms with Crippen molar-refractivity contribution < 1.29 is 32.2 Å². The van der Waals surface area contributed by atoms with Gasteiger partial charge < -0.3 is 14.2 Å². The Labute approximate surface area is 153 Å². The molecule has 0 heterocycles. The third-order valence-corrected chi connectivity index (χ3v) is 3.96. The topological polar surface area (TPSA) is 44.8 Å². The lowest BCUT2D eigenvalue weighted by atomic mass is 10.1. The first kappa shape index (κ1) is 19.9. The average molecular weight is 389 g/mol. The molecule has 4 nitrogen and oxygen atoms in total. The Kier molecular flexibility index (Phi) is 6.74. The van der Waals surface area contributed by atoms with Crippen molar-refractivity contribution in [2.75, 3.05) is 7.11 Å². The number of benzene rings is 2. The number of alkyl halides is 2. The molecule has 0 fully saturated rings. The summed E-state index contributed by atoms with van der Waals surface area (Å²) in [6, 6.07) is 6.48. The second kappa shape index (κ2) is 8.80. The standard InChI is InChI=1S/C18H16ClF3O4/c1-3-10-7-11(17(21)22)16(8-14(10)20)25-9-12-13(19)5-4-6-15(12)26-18(23)24-2/h4-8,17H,3,9H2,1-2H3. The number of rotatable bonds is 6. The molecule has 26 heavy (non-hydrogen) atoms. The molecule has 0 unspecified atom stereocenters. The molecule has 0 saturated heterocycles. The van der Waals surface area contributed by atoms with Crippen LogP contribution in [0.15, 0.2) is 30.3 Å². The molecule has 0 radical (unpaired) electrons. The highest BCUT2D eigenvalue weighted by atomic mass is 35.5. The van der Waals surface area contributed by atoms with Crippen molar-refractivity contribution in [2.24, 2.45) is 0 Å². The predicted molar refractivity (Wildman–Crippen MR) is 89.6 cm³/mol. The van der Waals surface area contributed by atoms with Crippen LogP contribution < -0.4 is 9.47 Å². The minimum absolute atomic E-state index is 0.0496. The maximum Gasteiger partial charge on any atom is 0.513 e. The van der Waals surface area contributed by atoms with E-state index in [2.05, 4.69) is 4.74 Å². The first-order chi connectivity index (χ1) is 12.4. The molecule has 0 amide bonds. The minimum Gasteiger partial charge on any atom is -0.488 e. The summed E-state index contributed by atoms with van der Waals surface area (Å²) >= 11 is 6.07. The van der Waals surface area contributed by atoms with Crippen molar-refractivity contribution in [2.45, 2.75) is 26.4 Å². The van der Waals surface area contributed by atoms with Crippen LogP contribution in [-0.2, 0) is 17.8 Å². The van der Waals surface area contributed by atoms with Crippen LogP contribution in [0.4, 0.5) is 18.0 Å². The molecule has 0 bridgehead atoms. The first-order valence-corrected chi connectivity index (χ1v) is 8.01. The molecule has 0 N–H and O–H groups in total. The summed E-state index contributed by atoms with van der Waals surface area (Å²) in [4.78, 5) is 11.3. The lowest BCUT2D eigenvalue weighted by molar-refractivity contribution is 0.120. The van der Waals surface area contributed by atoms with E-state index >= 15 is 0 Å². The summed E-state index contributed by atoms with van der Waals surface area (Å²) in [5, 5.41) is 0.190. The zero-order valence-electron chi connectivity index (χ0n) is 14.0. The van der Waals surface area contributed by atoms with Gasteiger partial charge in [-0.15, -0.1) is 0 Å². The van der Waals surface area contributed by atoms with Gasteiger partial charge in [0, 0.05) is 6.07 Å². The van der Waals surface area contributed by atoms with Crippen molar-refractivity contribution in [3.8, 4) is 11.5 Å². The van der Waals surface area contributed by atoms with Gasteiger partial charge in [0.1, 0.15) is 23.9 Å². The lowest BCUT2D eigenvalue weighted by Crippen LogP contribution is -2.10. The van der Waals surface area contributed by atoms with Crippen LogP contribution in [0.1, 0.15) is 30.0 Å². The van der Waals surface area contributed by atoms with Crippen LogP contribution in [-0.4, -0.2) is 13.3 Å². The number of hydrogen-bond acceptors (Lipinski definition) is 4. The van der Waals surface area contributed by atoms with Gasteiger partial charge in [0.25, 0.3) is 6.43 Å². The highest BCUT2D eigenvalue weighted by molar-refractivity contribution is 6.31. The van der Waals surface area contributed by atoms with Crippen molar-refractivity contribution in [3.63, 3.8) is 0 Å². The summed E-state index contributed by atoms with van der Waals surface area (Å²) in [5.41, 5.74) is -0.0226. The largest absolute Gasteiger partial charge is 0.513 e. The molecule has 0 aliphatic rings. The van der Waals surface area contributed by atoms with Crippen LogP contribution in [0.2, 0.25) is 5.02 Å². The number of aryl methyl sites for hydroxylation is 1. The van der Waals surface area contributed by atoms with Crippen LogP contribution in [0.25, 0.3) is 0 Å². The molecule has 0 atom stereocenters. The van der Waals surface area contributed by atoms with E-state index in [4.69, 9.17) is 21.1 Å². The van der Waals surface area contributed by atoms with Gasteiger partial charge in [0.2, 0.25) is 0 Å². The molecule has 0 aliphatic carbocycles. The van der Waals surface area contributed by atoms with Gasteiger partial charge in [-0.25, -0.2) is 18.0 Å². The lowest BCUT2D eigenvalue weighted by Gasteiger charge is -2.15. The fourth-order valence-corrected chi connectivity index (χ4v) is 2.46. The van der Waals surface area contributed by atoms with Gasteiger partial charge in [-0.3, -0.25) is 0 Å². The van der Waals surface area contributed by atoms with Crippen molar-refractivity contribution >= 4 is 17.8 Å². The minimum atomic E-state index is -2.84. The molecule has 8 heteroatoms. The summed E-state index contributed by atoms with van der Waals surface area (Å²) in [6.45, 7) is 1.35. The van der Waals surface area contributed by atoms with Gasteiger partial charge >= 0.3 is 6.16 Å². The number of methoxy groups -OCH3 is 1. The Bertz CT molecular complexity index is 796. The number of halogens is 4. The highest BCUT2D eigenvalue weighted by Gasteiger charge is 2.19. The summed E-state index contributed by atoms with van der Waals surface area (Å²) < 4.78 is 55.2. The van der Waals surface area contributed by atoms with Gasteiger partial charge in [0.05, 0.1) is 23.3 Å². The molecule has 0 spiro atoms. The maximum absolute atomic E-state index is 14.0. The number of ether oxygens (including phenoxy) is 3. The summed E-state index contributed by atoms with van der Waals surface area (Å²) in [5.74, 6) is -0.899. The molecule has 2 rings (SSSR count). The van der Waals surface area contributed by atoms with E-state index in [1.165, 1.54) is 18.2 Å². The quantitative estimate of drug-likeness (QED) is 0.470. The first-order valence-electron chi connectivity index (χ1n) is 7.63. The molecule has 2 aromatic carbocycles. The van der Waals surface area contributed by atoms with Gasteiger partial charge in [-0.2, -0.15) is 0 Å². The van der Waals surface area contributed by atoms with E-state index in [0.717, 1.165) is 19.2 Å². The van der Waals surface area contributed by atoms with Crippen molar-refractivity contribution in [3.05, 3.63) is 57.9 Å². The monoisotopic (exact) mass is 388 g/mol. The number of hydrogen-bond donors (Lipinski definition) is 0. The fourth-order valence-electron chi connectivity index (χ4n) is 2.24. The molecule has 0 aromatic heterocycles. The fraction of sp³-hybridized carbons (Fsp3) is 0.278.